The van der Waals surface area contributed by atoms with E-state index in [-0.39, 0.29) is 29.7 Å². The number of alkyl carbamates (subject to hydrolysis) is 1. The number of nitrogens with zero attached hydrogens (tertiary/aromatic N) is 2. The minimum atomic E-state index is -3.90. The van der Waals surface area contributed by atoms with Gasteiger partial charge in [0.05, 0.1) is 5.69 Å². The molecule has 1 aliphatic heterocycles. The third-order valence-electron chi connectivity index (χ3n) is 7.87. The Morgan fingerprint density at radius 3 is 2.39 bits per heavy atom. The third-order valence-corrected chi connectivity index (χ3v) is 10.1. The van der Waals surface area contributed by atoms with E-state index in [1.165, 1.54) is 10.7 Å². The van der Waals surface area contributed by atoms with Gasteiger partial charge in [-0.25, -0.2) is 18.0 Å². The second-order valence-electron chi connectivity index (χ2n) is 11.9. The summed E-state index contributed by atoms with van der Waals surface area (Å²) in [6.45, 7) is 5.56. The summed E-state index contributed by atoms with van der Waals surface area (Å²) in [5, 5.41) is 12.4. The van der Waals surface area contributed by atoms with E-state index in [4.69, 9.17) is 16.3 Å². The van der Waals surface area contributed by atoms with Crippen molar-refractivity contribution in [2.24, 2.45) is 5.92 Å². The molecule has 0 bridgehead atoms. The van der Waals surface area contributed by atoms with Gasteiger partial charge in [-0.3, -0.25) is 0 Å². The summed E-state index contributed by atoms with van der Waals surface area (Å²) in [7, 11) is -2.24. The number of halogens is 1. The van der Waals surface area contributed by atoms with Crippen LogP contribution in [0.5, 0.6) is 0 Å². The van der Waals surface area contributed by atoms with Crippen molar-refractivity contribution in [1.29, 1.82) is 0 Å². The van der Waals surface area contributed by atoms with E-state index in [1.54, 1.807) is 40.0 Å². The van der Waals surface area contributed by atoms with Crippen LogP contribution in [0, 0.1) is 5.92 Å². The molecule has 0 aromatic heterocycles. The summed E-state index contributed by atoms with van der Waals surface area (Å²) in [6.07, 6.45) is 4.60. The van der Waals surface area contributed by atoms with Gasteiger partial charge in [0, 0.05) is 30.3 Å². The van der Waals surface area contributed by atoms with Crippen molar-refractivity contribution in [3.8, 4) is 0 Å². The Morgan fingerprint density at radius 1 is 1.12 bits per heavy atom. The van der Waals surface area contributed by atoms with Crippen LogP contribution in [-0.2, 0) is 26.0 Å². The molecule has 2 aromatic carbocycles. The molecule has 1 aliphatic carbocycles. The van der Waals surface area contributed by atoms with E-state index in [2.05, 4.69) is 5.32 Å². The number of hydrogen-bond donors (Lipinski definition) is 2. The number of para-hydroxylation sites is 1. The predicted octanol–water partition coefficient (Wildman–Crippen LogP) is 5.97. The predicted molar refractivity (Wildman–Crippen MR) is 159 cm³/mol. The highest BCUT2D eigenvalue weighted by Gasteiger charge is 2.41. The molecule has 2 atom stereocenters. The second kappa shape index (κ2) is 12.6. The number of likely N-dealkylation sites (N-methyl/N-ethyl adjacent to an activating group) is 1. The van der Waals surface area contributed by atoms with E-state index in [0.29, 0.717) is 22.8 Å². The molecule has 1 saturated carbocycles. The van der Waals surface area contributed by atoms with Crippen molar-refractivity contribution < 1.29 is 27.9 Å². The fourth-order valence-corrected chi connectivity index (χ4v) is 7.63. The third kappa shape index (κ3) is 7.34. The summed E-state index contributed by atoms with van der Waals surface area (Å²) in [5.74, 6) is -0.978. The maximum atomic E-state index is 14.1. The fraction of sp³-hybridized carbons (Fsp3) is 0.533. The maximum absolute atomic E-state index is 14.1. The first kappa shape index (κ1) is 31.1. The largest absolute Gasteiger partial charge is 0.480 e. The molecular weight excluding hydrogens is 566 g/mol. The van der Waals surface area contributed by atoms with Crippen LogP contribution in [0.15, 0.2) is 47.4 Å². The Kier molecular flexibility index (Phi) is 9.56. The maximum Gasteiger partial charge on any atom is 0.408 e. The highest BCUT2D eigenvalue weighted by Crippen LogP contribution is 2.42. The van der Waals surface area contributed by atoms with Crippen LogP contribution in [0.2, 0.25) is 5.02 Å². The zero-order chi connectivity index (χ0) is 29.9. The fourth-order valence-electron chi connectivity index (χ4n) is 5.75. The highest BCUT2D eigenvalue weighted by molar-refractivity contribution is 7.89. The Hall–Kier alpha value is -2.82. The lowest BCUT2D eigenvalue weighted by Crippen LogP contribution is -2.46. The number of carboxylic acid groups (broad SMARTS) is 1. The molecule has 1 unspecified atom stereocenters. The van der Waals surface area contributed by atoms with Gasteiger partial charge in [-0.1, -0.05) is 49.1 Å². The number of carboxylic acids is 1. The molecule has 0 radical (unpaired) electrons. The topological polar surface area (TPSA) is 116 Å². The number of fused-ring (bicyclic) bond motifs is 1. The van der Waals surface area contributed by atoms with E-state index < -0.39 is 33.7 Å². The molecule has 2 N–H and O–H groups in total. The lowest BCUT2D eigenvalue weighted by atomic mass is 9.83. The first-order chi connectivity index (χ1) is 19.3. The minimum absolute atomic E-state index is 0.00390. The Bertz CT molecular complexity index is 1360. The molecule has 11 heteroatoms. The van der Waals surface area contributed by atoms with Gasteiger partial charge in [0.25, 0.3) is 0 Å². The van der Waals surface area contributed by atoms with E-state index >= 15 is 0 Å². The first-order valence-corrected chi connectivity index (χ1v) is 15.9. The monoisotopic (exact) mass is 605 g/mol. The summed E-state index contributed by atoms with van der Waals surface area (Å²) in [5.41, 5.74) is 1.07. The van der Waals surface area contributed by atoms with Gasteiger partial charge in [0.15, 0.2) is 0 Å². The molecule has 2 aromatic rings. The van der Waals surface area contributed by atoms with Gasteiger partial charge >= 0.3 is 12.1 Å². The lowest BCUT2D eigenvalue weighted by molar-refractivity contribution is -0.139. The summed E-state index contributed by atoms with van der Waals surface area (Å²) >= 11 is 6.74. The number of aryl methyl sites for hydroxylation is 1. The van der Waals surface area contributed by atoms with Crippen LogP contribution in [0.3, 0.4) is 0 Å². The summed E-state index contributed by atoms with van der Waals surface area (Å²) < 4.78 is 35.0. The number of carbonyl (C=O) groups is 2. The normalized spacial score (nSPS) is 20.5. The standard InChI is InChI=1S/C30H40ClN3O6S/c1-30(2,3)40-29(37)32-24(28(35)36)16-15-21-17-27-25(18-23(21)31)34(22-13-9-6-10-14-22)19-26(33(4)41(27,38)39)20-11-7-5-8-12-20/h6,9-10,13-14,17-18,20,24,26H,5,7-8,11-12,15-16,19H2,1-4H3,(H,32,37)(H,35,36)/t24?,26-/m0/s1. The molecule has 9 nitrogen and oxygen atoms in total. The Morgan fingerprint density at radius 2 is 1.78 bits per heavy atom. The number of amides is 1. The van der Waals surface area contributed by atoms with Crippen molar-refractivity contribution >= 4 is 45.1 Å². The molecule has 41 heavy (non-hydrogen) atoms. The Labute approximate surface area is 247 Å². The number of benzene rings is 2. The van der Waals surface area contributed by atoms with Gasteiger partial charge in [-0.15, -0.1) is 0 Å². The number of sulfonamides is 1. The van der Waals surface area contributed by atoms with Gasteiger partial charge < -0.3 is 20.1 Å². The summed E-state index contributed by atoms with van der Waals surface area (Å²) in [6, 6.07) is 11.5. The van der Waals surface area contributed by atoms with Gasteiger partial charge in [0.2, 0.25) is 10.0 Å². The molecular formula is C30H40ClN3O6S. The van der Waals surface area contributed by atoms with E-state index in [0.717, 1.165) is 31.4 Å². The summed E-state index contributed by atoms with van der Waals surface area (Å²) in [4.78, 5) is 26.3. The highest BCUT2D eigenvalue weighted by atomic mass is 35.5. The second-order valence-corrected chi connectivity index (χ2v) is 14.3. The van der Waals surface area contributed by atoms with Crippen LogP contribution < -0.4 is 10.2 Å². The van der Waals surface area contributed by atoms with Crippen LogP contribution in [0.4, 0.5) is 16.2 Å². The Balaban J connectivity index is 1.69. The average molecular weight is 606 g/mol. The molecule has 0 saturated heterocycles. The van der Waals surface area contributed by atoms with Crippen molar-refractivity contribution in [2.45, 2.75) is 88.3 Å². The van der Waals surface area contributed by atoms with Gasteiger partial charge in [-0.2, -0.15) is 4.31 Å². The molecule has 1 fully saturated rings. The van der Waals surface area contributed by atoms with Gasteiger partial charge in [0.1, 0.15) is 16.5 Å². The van der Waals surface area contributed by atoms with Crippen molar-refractivity contribution in [2.75, 3.05) is 18.5 Å². The van der Waals surface area contributed by atoms with Crippen molar-refractivity contribution in [3.05, 3.63) is 53.1 Å². The number of nitrogens with one attached hydrogen (secondary N) is 1. The zero-order valence-electron chi connectivity index (χ0n) is 24.1. The smallest absolute Gasteiger partial charge is 0.408 e. The van der Waals surface area contributed by atoms with Crippen LogP contribution in [-0.4, -0.2) is 61.2 Å². The number of anilines is 2. The van der Waals surface area contributed by atoms with Gasteiger partial charge in [-0.05, 0) is 82.2 Å². The van der Waals surface area contributed by atoms with Crippen LogP contribution in [0.1, 0.15) is 64.9 Å². The molecule has 1 heterocycles. The molecule has 0 spiro atoms. The quantitative estimate of drug-likeness (QED) is 0.399. The van der Waals surface area contributed by atoms with Crippen molar-refractivity contribution in [3.63, 3.8) is 0 Å². The number of carbonyl (C=O) groups excluding carboxylic acids is 1. The number of rotatable bonds is 7. The lowest BCUT2D eigenvalue weighted by Gasteiger charge is -2.36. The number of aliphatic carboxylic acids is 1. The van der Waals surface area contributed by atoms with Crippen molar-refractivity contribution in [1.82, 2.24) is 9.62 Å². The molecule has 4 rings (SSSR count). The van der Waals surface area contributed by atoms with E-state index in [9.17, 15) is 23.1 Å². The molecule has 224 valence electrons. The molecule has 2 aliphatic rings. The number of hydrogen-bond acceptors (Lipinski definition) is 6. The molecule has 1 amide bonds. The SMILES string of the molecule is CN1[C@H](C2CCCCC2)CN(c2ccccc2)c2cc(Cl)c(CCC(NC(=O)OC(C)(C)C)C(=O)O)cc2S1(=O)=O. The zero-order valence-corrected chi connectivity index (χ0v) is 25.7. The van der Waals surface area contributed by atoms with Crippen LogP contribution in [0.25, 0.3) is 0 Å². The average Bonchev–Trinajstić information content (AvgIpc) is 2.99. The minimum Gasteiger partial charge on any atom is -0.480 e. The van der Waals surface area contributed by atoms with E-state index in [1.807, 2.05) is 35.2 Å². The first-order valence-electron chi connectivity index (χ1n) is 14.1. The van der Waals surface area contributed by atoms with Crippen LogP contribution >= 0.6 is 11.6 Å². The number of ether oxygens (including phenoxy) is 1.